The molecule has 4 amide bonds. The van der Waals surface area contributed by atoms with Gasteiger partial charge in [-0.2, -0.15) is 0 Å². The predicted molar refractivity (Wildman–Crippen MR) is 184 cm³/mol. The fourth-order valence-electron chi connectivity index (χ4n) is 5.73. The van der Waals surface area contributed by atoms with E-state index in [1.165, 1.54) is 90.4 Å². The Hall–Kier alpha value is -3.30. The first-order chi connectivity index (χ1) is 22.4. The lowest BCUT2D eigenvalue weighted by Crippen LogP contribution is -2.52. The van der Waals surface area contributed by atoms with E-state index in [9.17, 15) is 19.2 Å². The molecular formula is C36H61N5O5. The highest BCUT2D eigenvalue weighted by Gasteiger charge is 2.22. The summed E-state index contributed by atoms with van der Waals surface area (Å²) in [5, 5.41) is 14.3. The fraction of sp³-hybridized carbons (Fsp3) is 0.722. The zero-order valence-electron chi connectivity index (χ0n) is 28.6. The second kappa shape index (κ2) is 24.9. The number of hydrogen-bond acceptors (Lipinski definition) is 6. The minimum Gasteiger partial charge on any atom is -0.494 e. The molecule has 10 heteroatoms. The van der Waals surface area contributed by atoms with E-state index in [1.807, 2.05) is 0 Å². The Balaban J connectivity index is 1.65. The second-order valence-corrected chi connectivity index (χ2v) is 12.6. The third kappa shape index (κ3) is 19.3. The Morgan fingerprint density at radius 3 is 2.02 bits per heavy atom. The molecule has 1 aliphatic carbocycles. The molecule has 0 aliphatic heterocycles. The Morgan fingerprint density at radius 2 is 1.37 bits per heavy atom. The quantitative estimate of drug-likeness (QED) is 0.0624. The van der Waals surface area contributed by atoms with Crippen molar-refractivity contribution in [1.82, 2.24) is 21.3 Å². The van der Waals surface area contributed by atoms with E-state index in [0.29, 0.717) is 49.8 Å². The highest BCUT2D eigenvalue weighted by molar-refractivity contribution is 5.89. The lowest BCUT2D eigenvalue weighted by atomic mass is 10.0. The van der Waals surface area contributed by atoms with Gasteiger partial charge in [0, 0.05) is 45.1 Å². The van der Waals surface area contributed by atoms with Gasteiger partial charge in [0.15, 0.2) is 6.17 Å². The summed E-state index contributed by atoms with van der Waals surface area (Å²) < 4.78 is 5.81. The van der Waals surface area contributed by atoms with Crippen LogP contribution in [0.5, 0.6) is 5.75 Å². The molecule has 1 saturated carbocycles. The average Bonchev–Trinajstić information content (AvgIpc) is 3.57. The fourth-order valence-corrected chi connectivity index (χ4v) is 5.73. The van der Waals surface area contributed by atoms with Crippen LogP contribution in [0.3, 0.4) is 0 Å². The first-order valence-electron chi connectivity index (χ1n) is 17.9. The molecule has 1 atom stereocenters. The van der Waals surface area contributed by atoms with Crippen LogP contribution in [0.1, 0.15) is 129 Å². The van der Waals surface area contributed by atoms with Crippen molar-refractivity contribution in [2.24, 2.45) is 5.92 Å². The molecule has 1 aromatic carbocycles. The van der Waals surface area contributed by atoms with Crippen molar-refractivity contribution in [3.63, 3.8) is 0 Å². The standard InChI is InChI=1S/C36H61N5O5/c1-3-4-5-6-7-8-9-10-11-14-25-38-33(43)18-15-28-46-32-22-20-31(21-23-32)40-35(36(45)39-27-26-37-29(2)42)41-34(44)24-19-30-16-12-13-17-30/h20-23,30,35,40H,3-19,24-28H2,1-2H3,(H,37,42)(H,38,43)(H,39,45)(H,41,44). The number of nitrogens with one attached hydrogen (secondary N) is 5. The minimum atomic E-state index is -0.959. The summed E-state index contributed by atoms with van der Waals surface area (Å²) in [6, 6.07) is 7.16. The van der Waals surface area contributed by atoms with E-state index in [0.717, 1.165) is 19.4 Å². The molecule has 1 unspecified atom stereocenters. The van der Waals surface area contributed by atoms with Crippen LogP contribution in [0.25, 0.3) is 0 Å². The van der Waals surface area contributed by atoms with Crippen molar-refractivity contribution in [1.29, 1.82) is 0 Å². The average molecular weight is 644 g/mol. The van der Waals surface area contributed by atoms with Crippen LogP contribution in [0.2, 0.25) is 0 Å². The van der Waals surface area contributed by atoms with Crippen molar-refractivity contribution in [3.05, 3.63) is 24.3 Å². The molecule has 0 spiro atoms. The number of ether oxygens (including phenoxy) is 1. The monoisotopic (exact) mass is 643 g/mol. The number of unbranched alkanes of at least 4 members (excludes halogenated alkanes) is 9. The summed E-state index contributed by atoms with van der Waals surface area (Å²) in [5.41, 5.74) is 0.650. The Morgan fingerprint density at radius 1 is 0.739 bits per heavy atom. The van der Waals surface area contributed by atoms with E-state index in [1.54, 1.807) is 24.3 Å². The predicted octanol–water partition coefficient (Wildman–Crippen LogP) is 5.96. The lowest BCUT2D eigenvalue weighted by molar-refractivity contribution is -0.128. The smallest absolute Gasteiger partial charge is 0.263 e. The minimum absolute atomic E-state index is 0.0609. The van der Waals surface area contributed by atoms with Crippen LogP contribution in [0, 0.1) is 5.92 Å². The number of hydrogen-bond donors (Lipinski definition) is 5. The van der Waals surface area contributed by atoms with E-state index in [2.05, 4.69) is 33.5 Å². The number of rotatable bonds is 26. The lowest BCUT2D eigenvalue weighted by Gasteiger charge is -2.21. The molecule has 0 aromatic heterocycles. The van der Waals surface area contributed by atoms with Crippen LogP contribution in [0.15, 0.2) is 24.3 Å². The zero-order chi connectivity index (χ0) is 33.2. The molecule has 1 aromatic rings. The third-order valence-corrected chi connectivity index (χ3v) is 8.45. The maximum Gasteiger partial charge on any atom is 0.263 e. The van der Waals surface area contributed by atoms with E-state index in [4.69, 9.17) is 4.74 Å². The second-order valence-electron chi connectivity index (χ2n) is 12.6. The van der Waals surface area contributed by atoms with Gasteiger partial charge in [-0.25, -0.2) is 0 Å². The number of carbonyl (C=O) groups excluding carboxylic acids is 4. The summed E-state index contributed by atoms with van der Waals surface area (Å²) in [4.78, 5) is 48.9. The highest BCUT2D eigenvalue weighted by Crippen LogP contribution is 2.28. The van der Waals surface area contributed by atoms with Crippen LogP contribution in [-0.2, 0) is 19.2 Å². The number of benzene rings is 1. The first kappa shape index (κ1) is 38.9. The van der Waals surface area contributed by atoms with Crippen LogP contribution in [0.4, 0.5) is 5.69 Å². The Bertz CT molecular complexity index is 997. The maximum atomic E-state index is 12.9. The van der Waals surface area contributed by atoms with Crippen LogP contribution < -0.4 is 31.3 Å². The Labute approximate surface area is 277 Å². The number of anilines is 1. The van der Waals surface area contributed by atoms with Crippen molar-refractivity contribution >= 4 is 29.3 Å². The maximum absolute atomic E-state index is 12.9. The molecule has 1 aliphatic rings. The molecule has 1 fully saturated rings. The number of carbonyl (C=O) groups is 4. The normalized spacial score (nSPS) is 13.5. The molecule has 10 nitrogen and oxygen atoms in total. The number of amides is 4. The van der Waals surface area contributed by atoms with Gasteiger partial charge >= 0.3 is 0 Å². The molecule has 0 heterocycles. The molecular weight excluding hydrogens is 582 g/mol. The first-order valence-corrected chi connectivity index (χ1v) is 17.9. The molecule has 46 heavy (non-hydrogen) atoms. The zero-order valence-corrected chi connectivity index (χ0v) is 28.6. The van der Waals surface area contributed by atoms with Gasteiger partial charge in [-0.1, -0.05) is 90.4 Å². The van der Waals surface area contributed by atoms with Gasteiger partial charge in [-0.05, 0) is 49.4 Å². The van der Waals surface area contributed by atoms with Gasteiger partial charge in [-0.3, -0.25) is 19.2 Å². The van der Waals surface area contributed by atoms with Crippen molar-refractivity contribution in [2.75, 3.05) is 31.6 Å². The van der Waals surface area contributed by atoms with Crippen molar-refractivity contribution in [2.45, 2.75) is 136 Å². The molecule has 0 radical (unpaired) electrons. The summed E-state index contributed by atoms with van der Waals surface area (Å²) in [7, 11) is 0. The third-order valence-electron chi connectivity index (χ3n) is 8.45. The van der Waals surface area contributed by atoms with E-state index in [-0.39, 0.29) is 30.2 Å². The highest BCUT2D eigenvalue weighted by atomic mass is 16.5. The van der Waals surface area contributed by atoms with Crippen molar-refractivity contribution < 1.29 is 23.9 Å². The van der Waals surface area contributed by atoms with Crippen LogP contribution in [-0.4, -0.2) is 56.0 Å². The molecule has 0 saturated heterocycles. The molecule has 2 rings (SSSR count). The topological polar surface area (TPSA) is 138 Å². The van der Waals surface area contributed by atoms with Gasteiger partial charge in [-0.15, -0.1) is 0 Å². The molecule has 5 N–H and O–H groups in total. The van der Waals surface area contributed by atoms with Gasteiger partial charge in [0.25, 0.3) is 5.91 Å². The van der Waals surface area contributed by atoms with Gasteiger partial charge in [0.05, 0.1) is 6.61 Å². The van der Waals surface area contributed by atoms with Crippen molar-refractivity contribution in [3.8, 4) is 5.75 Å². The van der Waals surface area contributed by atoms with E-state index >= 15 is 0 Å². The van der Waals surface area contributed by atoms with Gasteiger partial charge < -0.3 is 31.3 Å². The van der Waals surface area contributed by atoms with E-state index < -0.39 is 6.17 Å². The Kier molecular flexibility index (Phi) is 21.0. The largest absolute Gasteiger partial charge is 0.494 e. The summed E-state index contributed by atoms with van der Waals surface area (Å²) in [6.45, 7) is 5.38. The SMILES string of the molecule is CCCCCCCCCCCCNC(=O)CCCOc1ccc(NC(NC(=O)CCC2CCCC2)C(=O)NCCNC(C)=O)cc1. The van der Waals surface area contributed by atoms with Gasteiger partial charge in [0.1, 0.15) is 5.75 Å². The summed E-state index contributed by atoms with van der Waals surface area (Å²) in [5.74, 6) is 0.577. The molecule has 260 valence electrons. The van der Waals surface area contributed by atoms with Crippen LogP contribution >= 0.6 is 0 Å². The summed E-state index contributed by atoms with van der Waals surface area (Å²) in [6.07, 6.45) is 18.9. The molecule has 0 bridgehead atoms. The summed E-state index contributed by atoms with van der Waals surface area (Å²) >= 11 is 0. The van der Waals surface area contributed by atoms with Gasteiger partial charge in [0.2, 0.25) is 17.7 Å².